The second kappa shape index (κ2) is 8.50. The van der Waals surface area contributed by atoms with Gasteiger partial charge in [-0.05, 0) is 60.6 Å². The predicted molar refractivity (Wildman–Crippen MR) is 105 cm³/mol. The van der Waals surface area contributed by atoms with Crippen molar-refractivity contribution in [2.45, 2.75) is 38.0 Å². The highest BCUT2D eigenvalue weighted by molar-refractivity contribution is 6.30. The number of benzene rings is 2. The zero-order valence-corrected chi connectivity index (χ0v) is 15.8. The SMILES string of the molecule is CN(CC(CC=O)c1ccc(Cl)cc1)C(=O)c1cccc2c1CCCC2. The third-order valence-corrected chi connectivity index (χ3v) is 5.44. The minimum atomic E-state index is -0.0294. The second-order valence-corrected chi connectivity index (χ2v) is 7.42. The summed E-state index contributed by atoms with van der Waals surface area (Å²) in [6.07, 6.45) is 5.66. The largest absolute Gasteiger partial charge is 0.341 e. The van der Waals surface area contributed by atoms with Gasteiger partial charge in [-0.3, -0.25) is 4.79 Å². The molecule has 1 aliphatic carbocycles. The lowest BCUT2D eigenvalue weighted by Crippen LogP contribution is -2.32. The van der Waals surface area contributed by atoms with Crippen molar-refractivity contribution in [1.82, 2.24) is 4.90 Å². The van der Waals surface area contributed by atoms with Crippen LogP contribution in [0, 0.1) is 0 Å². The standard InChI is InChI=1S/C22H24ClNO2/c1-24(15-18(13-14-25)16-9-11-19(23)12-10-16)22(26)21-8-4-6-17-5-2-3-7-20(17)21/h4,6,8-12,14,18H,2-3,5,7,13,15H2,1H3. The van der Waals surface area contributed by atoms with Gasteiger partial charge in [0.15, 0.2) is 0 Å². The van der Waals surface area contributed by atoms with E-state index >= 15 is 0 Å². The molecule has 0 radical (unpaired) electrons. The molecule has 0 bridgehead atoms. The van der Waals surface area contributed by atoms with Crippen LogP contribution in [0.3, 0.4) is 0 Å². The maximum atomic E-state index is 13.1. The average molecular weight is 370 g/mol. The van der Waals surface area contributed by atoms with E-state index in [1.54, 1.807) is 4.90 Å². The number of carbonyl (C=O) groups is 2. The number of aldehydes is 1. The molecule has 3 rings (SSSR count). The first-order valence-electron chi connectivity index (χ1n) is 9.15. The molecular weight excluding hydrogens is 346 g/mol. The van der Waals surface area contributed by atoms with Crippen molar-refractivity contribution in [3.05, 3.63) is 69.7 Å². The fourth-order valence-corrected chi connectivity index (χ4v) is 3.89. The van der Waals surface area contributed by atoms with Crippen molar-refractivity contribution in [2.24, 2.45) is 0 Å². The number of hydrogen-bond donors (Lipinski definition) is 0. The van der Waals surface area contributed by atoms with Crippen molar-refractivity contribution in [2.75, 3.05) is 13.6 Å². The molecule has 1 atom stereocenters. The van der Waals surface area contributed by atoms with Gasteiger partial charge in [-0.1, -0.05) is 35.9 Å². The van der Waals surface area contributed by atoms with E-state index in [1.165, 1.54) is 17.5 Å². The summed E-state index contributed by atoms with van der Waals surface area (Å²) in [5.41, 5.74) is 4.34. The maximum Gasteiger partial charge on any atom is 0.253 e. The average Bonchev–Trinajstić information content (AvgIpc) is 2.67. The topological polar surface area (TPSA) is 37.4 Å². The van der Waals surface area contributed by atoms with Gasteiger partial charge in [-0.15, -0.1) is 0 Å². The molecule has 1 unspecified atom stereocenters. The van der Waals surface area contributed by atoms with E-state index in [9.17, 15) is 9.59 Å². The minimum Gasteiger partial charge on any atom is -0.341 e. The molecule has 0 aromatic heterocycles. The third-order valence-electron chi connectivity index (χ3n) is 5.19. The molecule has 0 heterocycles. The first kappa shape index (κ1) is 18.7. The van der Waals surface area contributed by atoms with E-state index in [-0.39, 0.29) is 11.8 Å². The molecule has 0 N–H and O–H groups in total. The van der Waals surface area contributed by atoms with E-state index in [0.29, 0.717) is 18.0 Å². The lowest BCUT2D eigenvalue weighted by Gasteiger charge is -2.26. The van der Waals surface area contributed by atoms with Crippen LogP contribution in [0.4, 0.5) is 0 Å². The van der Waals surface area contributed by atoms with Crippen LogP contribution < -0.4 is 0 Å². The number of hydrogen-bond acceptors (Lipinski definition) is 2. The van der Waals surface area contributed by atoms with Gasteiger partial charge in [0.1, 0.15) is 6.29 Å². The Hall–Kier alpha value is -2.13. The maximum absolute atomic E-state index is 13.1. The first-order valence-corrected chi connectivity index (χ1v) is 9.53. The van der Waals surface area contributed by atoms with E-state index in [2.05, 4.69) is 6.07 Å². The van der Waals surface area contributed by atoms with Crippen LogP contribution in [-0.2, 0) is 17.6 Å². The van der Waals surface area contributed by atoms with Crippen molar-refractivity contribution < 1.29 is 9.59 Å². The molecule has 3 nitrogen and oxygen atoms in total. The lowest BCUT2D eigenvalue weighted by atomic mass is 9.87. The number of halogens is 1. The summed E-state index contributed by atoms with van der Waals surface area (Å²) in [5, 5.41) is 0.666. The zero-order chi connectivity index (χ0) is 18.5. The molecule has 2 aromatic rings. The van der Waals surface area contributed by atoms with Gasteiger partial charge in [-0.2, -0.15) is 0 Å². The Kier molecular flexibility index (Phi) is 6.10. The van der Waals surface area contributed by atoms with E-state index in [4.69, 9.17) is 11.6 Å². The van der Waals surface area contributed by atoms with Crippen LogP contribution in [0.15, 0.2) is 42.5 Å². The van der Waals surface area contributed by atoms with Gasteiger partial charge in [0.05, 0.1) is 0 Å². The molecule has 0 saturated carbocycles. The highest BCUT2D eigenvalue weighted by atomic mass is 35.5. The van der Waals surface area contributed by atoms with E-state index in [1.807, 2.05) is 43.4 Å². The minimum absolute atomic E-state index is 0.0294. The van der Waals surface area contributed by atoms with Crippen LogP contribution in [0.25, 0.3) is 0 Å². The number of rotatable bonds is 6. The quantitative estimate of drug-likeness (QED) is 0.694. The van der Waals surface area contributed by atoms with Crippen LogP contribution in [0.5, 0.6) is 0 Å². The summed E-state index contributed by atoms with van der Waals surface area (Å²) < 4.78 is 0. The second-order valence-electron chi connectivity index (χ2n) is 6.99. The molecule has 0 spiro atoms. The normalized spacial score (nSPS) is 14.4. The summed E-state index contributed by atoms with van der Waals surface area (Å²) in [6, 6.07) is 13.5. The lowest BCUT2D eigenvalue weighted by molar-refractivity contribution is -0.108. The molecule has 0 aliphatic heterocycles. The smallest absolute Gasteiger partial charge is 0.253 e. The number of nitrogens with zero attached hydrogens (tertiary/aromatic N) is 1. The monoisotopic (exact) mass is 369 g/mol. The number of aryl methyl sites for hydroxylation is 1. The van der Waals surface area contributed by atoms with Crippen molar-refractivity contribution in [1.29, 1.82) is 0 Å². The Labute approximate surface area is 160 Å². The number of amides is 1. The Morgan fingerprint density at radius 1 is 1.15 bits per heavy atom. The summed E-state index contributed by atoms with van der Waals surface area (Å²) in [7, 11) is 1.82. The molecule has 0 saturated heterocycles. The Morgan fingerprint density at radius 2 is 1.88 bits per heavy atom. The molecule has 26 heavy (non-hydrogen) atoms. The molecule has 4 heteroatoms. The van der Waals surface area contributed by atoms with Crippen LogP contribution in [0.1, 0.15) is 52.2 Å². The Balaban J connectivity index is 1.79. The van der Waals surface area contributed by atoms with E-state index in [0.717, 1.165) is 36.7 Å². The van der Waals surface area contributed by atoms with Crippen molar-refractivity contribution in [3.63, 3.8) is 0 Å². The molecular formula is C22H24ClNO2. The van der Waals surface area contributed by atoms with E-state index < -0.39 is 0 Å². The van der Waals surface area contributed by atoms with Gasteiger partial charge >= 0.3 is 0 Å². The Bertz CT molecular complexity index is 785. The van der Waals surface area contributed by atoms with Gasteiger partial charge in [0.2, 0.25) is 0 Å². The molecule has 1 aliphatic rings. The van der Waals surface area contributed by atoms with Crippen LogP contribution >= 0.6 is 11.6 Å². The van der Waals surface area contributed by atoms with Crippen molar-refractivity contribution >= 4 is 23.8 Å². The summed E-state index contributed by atoms with van der Waals surface area (Å²) in [6.45, 7) is 0.503. The fraction of sp³-hybridized carbons (Fsp3) is 0.364. The predicted octanol–water partition coefficient (Wildman–Crippen LogP) is 4.66. The molecule has 2 aromatic carbocycles. The highest BCUT2D eigenvalue weighted by Crippen LogP contribution is 2.27. The highest BCUT2D eigenvalue weighted by Gasteiger charge is 2.22. The Morgan fingerprint density at radius 3 is 2.62 bits per heavy atom. The summed E-state index contributed by atoms with van der Waals surface area (Å²) in [5.74, 6) is 0.00636. The molecule has 136 valence electrons. The fourth-order valence-electron chi connectivity index (χ4n) is 3.77. The number of likely N-dealkylation sites (N-methyl/N-ethyl adjacent to an activating group) is 1. The van der Waals surface area contributed by atoms with Gasteiger partial charge in [0.25, 0.3) is 5.91 Å². The number of fused-ring (bicyclic) bond motifs is 1. The first-order chi connectivity index (χ1) is 12.6. The third kappa shape index (κ3) is 4.16. The number of carbonyl (C=O) groups excluding carboxylic acids is 2. The van der Waals surface area contributed by atoms with Crippen molar-refractivity contribution in [3.8, 4) is 0 Å². The molecule has 0 fully saturated rings. The summed E-state index contributed by atoms with van der Waals surface area (Å²) >= 11 is 5.96. The van der Waals surface area contributed by atoms with Gasteiger partial charge in [0, 0.05) is 36.5 Å². The summed E-state index contributed by atoms with van der Waals surface area (Å²) in [4.78, 5) is 25.9. The van der Waals surface area contributed by atoms with Gasteiger partial charge < -0.3 is 9.69 Å². The molecule has 1 amide bonds. The van der Waals surface area contributed by atoms with Crippen LogP contribution in [-0.4, -0.2) is 30.7 Å². The van der Waals surface area contributed by atoms with Gasteiger partial charge in [-0.25, -0.2) is 0 Å². The zero-order valence-electron chi connectivity index (χ0n) is 15.1. The van der Waals surface area contributed by atoms with Crippen LogP contribution in [0.2, 0.25) is 5.02 Å².